The molecule has 2 nitrogen and oxygen atoms in total. The molecule has 1 saturated carbocycles. The molecular weight excluding hydrogens is 263 g/mol. The van der Waals surface area contributed by atoms with Crippen LogP contribution in [0, 0.1) is 24.6 Å². The molecule has 3 unspecified atom stereocenters. The molecule has 2 N–H and O–H groups in total. The van der Waals surface area contributed by atoms with Gasteiger partial charge in [0.2, 0.25) is 0 Å². The SMILES string of the molecule is Cc1ccc(C(CN)N2CCC3CCCCC3C2)cc1F. The summed E-state index contributed by atoms with van der Waals surface area (Å²) in [5.74, 6) is 1.64. The van der Waals surface area contributed by atoms with Crippen LogP contribution in [0.5, 0.6) is 0 Å². The Balaban J connectivity index is 1.75. The molecule has 1 aliphatic heterocycles. The molecule has 0 aromatic heterocycles. The standard InChI is InChI=1S/C18H27FN2/c1-13-6-7-15(10-17(13)19)18(11-20)21-9-8-14-4-2-3-5-16(14)12-21/h6-7,10,14,16,18H,2-5,8-9,11-12,20H2,1H3. The summed E-state index contributed by atoms with van der Waals surface area (Å²) >= 11 is 0. The van der Waals surface area contributed by atoms with E-state index in [9.17, 15) is 4.39 Å². The second kappa shape index (κ2) is 6.45. The molecule has 3 rings (SSSR count). The van der Waals surface area contributed by atoms with Crippen molar-refractivity contribution in [3.05, 3.63) is 35.1 Å². The first-order chi connectivity index (χ1) is 10.2. The fraction of sp³-hybridized carbons (Fsp3) is 0.667. The highest BCUT2D eigenvalue weighted by atomic mass is 19.1. The molecule has 0 radical (unpaired) electrons. The normalized spacial score (nSPS) is 28.1. The number of likely N-dealkylation sites (tertiary alicyclic amines) is 1. The third-order valence-corrected chi connectivity index (χ3v) is 5.57. The van der Waals surface area contributed by atoms with Gasteiger partial charge in [-0.05, 0) is 55.3 Å². The van der Waals surface area contributed by atoms with Crippen LogP contribution in [0.1, 0.15) is 49.3 Å². The van der Waals surface area contributed by atoms with Gasteiger partial charge >= 0.3 is 0 Å². The van der Waals surface area contributed by atoms with Crippen LogP contribution in [0.3, 0.4) is 0 Å². The minimum Gasteiger partial charge on any atom is -0.329 e. The molecule has 2 fully saturated rings. The lowest BCUT2D eigenvalue weighted by Gasteiger charge is -2.44. The van der Waals surface area contributed by atoms with Crippen molar-refractivity contribution in [2.75, 3.05) is 19.6 Å². The number of piperidine rings is 1. The first kappa shape index (κ1) is 15.0. The van der Waals surface area contributed by atoms with Gasteiger partial charge < -0.3 is 5.73 Å². The fourth-order valence-electron chi connectivity index (χ4n) is 4.22. The van der Waals surface area contributed by atoms with Crippen LogP contribution >= 0.6 is 0 Å². The molecule has 116 valence electrons. The van der Waals surface area contributed by atoms with Gasteiger partial charge in [-0.2, -0.15) is 0 Å². The Morgan fingerprint density at radius 1 is 1.24 bits per heavy atom. The van der Waals surface area contributed by atoms with E-state index in [0.717, 1.165) is 30.5 Å². The lowest BCUT2D eigenvalue weighted by molar-refractivity contribution is 0.0585. The first-order valence-electron chi connectivity index (χ1n) is 8.39. The summed E-state index contributed by atoms with van der Waals surface area (Å²) in [6.45, 7) is 4.63. The van der Waals surface area contributed by atoms with Crippen molar-refractivity contribution in [1.29, 1.82) is 0 Å². The molecule has 1 saturated heterocycles. The molecule has 1 heterocycles. The molecule has 0 bridgehead atoms. The predicted molar refractivity (Wildman–Crippen MR) is 84.6 cm³/mol. The molecule has 0 amide bonds. The van der Waals surface area contributed by atoms with Gasteiger partial charge in [-0.3, -0.25) is 4.90 Å². The van der Waals surface area contributed by atoms with Crippen molar-refractivity contribution in [1.82, 2.24) is 4.90 Å². The molecule has 2 aliphatic rings. The van der Waals surface area contributed by atoms with Crippen LogP contribution in [-0.2, 0) is 0 Å². The second-order valence-corrected chi connectivity index (χ2v) is 6.85. The maximum Gasteiger partial charge on any atom is 0.126 e. The van der Waals surface area contributed by atoms with Crippen LogP contribution in [0.4, 0.5) is 4.39 Å². The lowest BCUT2D eigenvalue weighted by atomic mass is 9.74. The van der Waals surface area contributed by atoms with Gasteiger partial charge in [-0.15, -0.1) is 0 Å². The predicted octanol–water partition coefficient (Wildman–Crippen LogP) is 3.65. The molecular formula is C18H27FN2. The minimum absolute atomic E-state index is 0.112. The van der Waals surface area contributed by atoms with Crippen LogP contribution in [0.15, 0.2) is 18.2 Å². The number of nitrogens with zero attached hydrogens (tertiary/aromatic N) is 1. The Bertz CT molecular complexity index is 488. The number of hydrogen-bond donors (Lipinski definition) is 1. The highest BCUT2D eigenvalue weighted by Gasteiger charge is 2.33. The van der Waals surface area contributed by atoms with E-state index in [2.05, 4.69) is 4.90 Å². The highest BCUT2D eigenvalue weighted by Crippen LogP contribution is 2.38. The average molecular weight is 290 g/mol. The number of halogens is 1. The Morgan fingerprint density at radius 2 is 2.00 bits per heavy atom. The van der Waals surface area contributed by atoms with E-state index in [-0.39, 0.29) is 11.9 Å². The summed E-state index contributed by atoms with van der Waals surface area (Å²) < 4.78 is 13.9. The molecule has 1 aromatic carbocycles. The maximum absolute atomic E-state index is 13.9. The zero-order valence-corrected chi connectivity index (χ0v) is 13.0. The van der Waals surface area contributed by atoms with Gasteiger partial charge in [0.15, 0.2) is 0 Å². The second-order valence-electron chi connectivity index (χ2n) is 6.85. The van der Waals surface area contributed by atoms with Crippen molar-refractivity contribution in [2.45, 2.75) is 45.1 Å². The smallest absolute Gasteiger partial charge is 0.126 e. The van der Waals surface area contributed by atoms with Gasteiger partial charge in [0.25, 0.3) is 0 Å². The summed E-state index contributed by atoms with van der Waals surface area (Å²) in [5.41, 5.74) is 7.77. The average Bonchev–Trinajstić information content (AvgIpc) is 2.51. The van der Waals surface area contributed by atoms with Crippen molar-refractivity contribution >= 4 is 0 Å². The van der Waals surface area contributed by atoms with Gasteiger partial charge in [0.1, 0.15) is 5.82 Å². The summed E-state index contributed by atoms with van der Waals surface area (Å²) in [4.78, 5) is 2.50. The quantitative estimate of drug-likeness (QED) is 0.921. The van der Waals surface area contributed by atoms with Crippen LogP contribution in [0.25, 0.3) is 0 Å². The summed E-state index contributed by atoms with van der Waals surface area (Å²) in [6.07, 6.45) is 6.84. The number of aryl methyl sites for hydroxylation is 1. The Labute approximate surface area is 127 Å². The van der Waals surface area contributed by atoms with Crippen LogP contribution in [0.2, 0.25) is 0 Å². The first-order valence-corrected chi connectivity index (χ1v) is 8.39. The molecule has 0 spiro atoms. The summed E-state index contributed by atoms with van der Waals surface area (Å²) in [7, 11) is 0. The largest absolute Gasteiger partial charge is 0.329 e. The van der Waals surface area contributed by atoms with E-state index in [1.165, 1.54) is 32.1 Å². The van der Waals surface area contributed by atoms with Gasteiger partial charge in [0.05, 0.1) is 0 Å². The molecule has 3 heteroatoms. The number of benzene rings is 1. The van der Waals surface area contributed by atoms with E-state index >= 15 is 0 Å². The third-order valence-electron chi connectivity index (χ3n) is 5.57. The lowest BCUT2D eigenvalue weighted by Crippen LogP contribution is -2.45. The number of fused-ring (bicyclic) bond motifs is 1. The Kier molecular flexibility index (Phi) is 4.60. The maximum atomic E-state index is 13.9. The zero-order valence-electron chi connectivity index (χ0n) is 13.0. The highest BCUT2D eigenvalue weighted by molar-refractivity contribution is 5.26. The molecule has 1 aromatic rings. The zero-order chi connectivity index (χ0) is 14.8. The van der Waals surface area contributed by atoms with Gasteiger partial charge in [-0.25, -0.2) is 4.39 Å². The van der Waals surface area contributed by atoms with Crippen molar-refractivity contribution in [3.8, 4) is 0 Å². The third kappa shape index (κ3) is 3.14. The van der Waals surface area contributed by atoms with Crippen molar-refractivity contribution in [2.24, 2.45) is 17.6 Å². The Hall–Kier alpha value is -0.930. The summed E-state index contributed by atoms with van der Waals surface area (Å²) in [5, 5.41) is 0. The van der Waals surface area contributed by atoms with Crippen LogP contribution in [-0.4, -0.2) is 24.5 Å². The summed E-state index contributed by atoms with van der Waals surface area (Å²) in [6, 6.07) is 5.77. The van der Waals surface area contributed by atoms with Crippen LogP contribution < -0.4 is 5.73 Å². The fourth-order valence-corrected chi connectivity index (χ4v) is 4.22. The van der Waals surface area contributed by atoms with E-state index in [0.29, 0.717) is 12.1 Å². The topological polar surface area (TPSA) is 29.3 Å². The van der Waals surface area contributed by atoms with Gasteiger partial charge in [0, 0.05) is 19.1 Å². The van der Waals surface area contributed by atoms with E-state index in [4.69, 9.17) is 5.73 Å². The monoisotopic (exact) mass is 290 g/mol. The van der Waals surface area contributed by atoms with E-state index in [1.54, 1.807) is 6.07 Å². The Morgan fingerprint density at radius 3 is 2.71 bits per heavy atom. The number of nitrogens with two attached hydrogens (primary N) is 1. The van der Waals surface area contributed by atoms with Crippen molar-refractivity contribution < 1.29 is 4.39 Å². The molecule has 21 heavy (non-hydrogen) atoms. The molecule has 1 aliphatic carbocycles. The van der Waals surface area contributed by atoms with E-state index in [1.807, 2.05) is 19.1 Å². The van der Waals surface area contributed by atoms with E-state index < -0.39 is 0 Å². The molecule has 3 atom stereocenters. The number of rotatable bonds is 3. The minimum atomic E-state index is -0.112. The van der Waals surface area contributed by atoms with Gasteiger partial charge in [-0.1, -0.05) is 31.4 Å². The number of hydrogen-bond acceptors (Lipinski definition) is 2. The van der Waals surface area contributed by atoms with Crippen molar-refractivity contribution in [3.63, 3.8) is 0 Å².